The summed E-state index contributed by atoms with van der Waals surface area (Å²) in [7, 11) is 0. The summed E-state index contributed by atoms with van der Waals surface area (Å²) in [6.07, 6.45) is 4.57. The lowest BCUT2D eigenvalue weighted by Gasteiger charge is -2.16. The van der Waals surface area contributed by atoms with Gasteiger partial charge in [0.2, 0.25) is 0 Å². The molecule has 0 aliphatic heterocycles. The minimum atomic E-state index is 0.515. The predicted molar refractivity (Wildman–Crippen MR) is 76.4 cm³/mol. The van der Waals surface area contributed by atoms with Gasteiger partial charge in [0.1, 0.15) is 0 Å². The molecular weight excluding hydrogens is 242 g/mol. The monoisotopic (exact) mass is 261 g/mol. The number of thiazole rings is 1. The van der Waals surface area contributed by atoms with Gasteiger partial charge in [0.05, 0.1) is 10.7 Å². The van der Waals surface area contributed by atoms with Crippen molar-refractivity contribution in [3.05, 3.63) is 34.9 Å². The van der Waals surface area contributed by atoms with Crippen LogP contribution in [0.4, 0.5) is 0 Å². The molecule has 4 heteroatoms. The normalized spacial score (nSPS) is 12.9. The van der Waals surface area contributed by atoms with Gasteiger partial charge in [-0.2, -0.15) is 0 Å². The molecule has 1 atom stereocenters. The molecule has 96 valence electrons. The smallest absolute Gasteiger partial charge is 0.0935 e. The number of aromatic nitrogens is 2. The van der Waals surface area contributed by atoms with Crippen molar-refractivity contribution in [3.8, 4) is 11.3 Å². The summed E-state index contributed by atoms with van der Waals surface area (Å²) in [6.45, 7) is 5.16. The van der Waals surface area contributed by atoms with Crippen LogP contribution in [0.15, 0.2) is 29.9 Å². The van der Waals surface area contributed by atoms with Crippen molar-refractivity contribution in [2.24, 2.45) is 17.6 Å². The van der Waals surface area contributed by atoms with Crippen LogP contribution in [0.3, 0.4) is 0 Å². The van der Waals surface area contributed by atoms with Crippen molar-refractivity contribution in [1.82, 2.24) is 9.97 Å². The Hall–Kier alpha value is -1.26. The molecule has 0 aromatic carbocycles. The first kappa shape index (κ1) is 13.2. The summed E-state index contributed by atoms with van der Waals surface area (Å²) in [4.78, 5) is 8.71. The predicted octanol–water partition coefficient (Wildman–Crippen LogP) is 2.98. The third-order valence-corrected chi connectivity index (χ3v) is 4.08. The van der Waals surface area contributed by atoms with Crippen molar-refractivity contribution in [2.45, 2.75) is 20.3 Å². The molecule has 3 nitrogen and oxygen atoms in total. The average Bonchev–Trinajstić information content (AvgIpc) is 2.85. The molecular formula is C14H19N3S. The zero-order chi connectivity index (χ0) is 13.0. The number of hydrogen-bond acceptors (Lipinski definition) is 4. The van der Waals surface area contributed by atoms with Crippen molar-refractivity contribution in [1.29, 1.82) is 0 Å². The molecule has 2 N–H and O–H groups in total. The van der Waals surface area contributed by atoms with Crippen LogP contribution in [-0.2, 0) is 6.42 Å². The Morgan fingerprint density at radius 1 is 1.28 bits per heavy atom. The lowest BCUT2D eigenvalue weighted by Crippen LogP contribution is -2.22. The van der Waals surface area contributed by atoms with Crippen molar-refractivity contribution in [2.75, 3.05) is 6.54 Å². The van der Waals surface area contributed by atoms with Crippen LogP contribution >= 0.6 is 11.3 Å². The largest absolute Gasteiger partial charge is 0.330 e. The Balaban J connectivity index is 2.11. The van der Waals surface area contributed by atoms with E-state index in [1.54, 1.807) is 23.7 Å². The molecule has 18 heavy (non-hydrogen) atoms. The lowest BCUT2D eigenvalue weighted by atomic mass is 9.93. The molecule has 0 saturated heterocycles. The highest BCUT2D eigenvalue weighted by atomic mass is 32.1. The van der Waals surface area contributed by atoms with Crippen LogP contribution in [0.1, 0.15) is 18.9 Å². The highest BCUT2D eigenvalue weighted by Gasteiger charge is 2.14. The van der Waals surface area contributed by atoms with E-state index in [-0.39, 0.29) is 0 Å². The highest BCUT2D eigenvalue weighted by Crippen LogP contribution is 2.24. The number of rotatable bonds is 5. The van der Waals surface area contributed by atoms with E-state index in [9.17, 15) is 0 Å². The SMILES string of the molecule is CC(C)C(CN)Cc1nc(-c2ccncc2)cs1. The van der Waals surface area contributed by atoms with Gasteiger partial charge in [0, 0.05) is 29.8 Å². The highest BCUT2D eigenvalue weighted by molar-refractivity contribution is 7.09. The van der Waals surface area contributed by atoms with Gasteiger partial charge >= 0.3 is 0 Å². The second kappa shape index (κ2) is 6.07. The van der Waals surface area contributed by atoms with Gasteiger partial charge in [-0.3, -0.25) is 4.98 Å². The maximum absolute atomic E-state index is 5.81. The minimum absolute atomic E-state index is 0.515. The molecule has 0 bridgehead atoms. The molecule has 0 radical (unpaired) electrons. The van der Waals surface area contributed by atoms with Crippen LogP contribution in [0.25, 0.3) is 11.3 Å². The maximum Gasteiger partial charge on any atom is 0.0935 e. The average molecular weight is 261 g/mol. The van der Waals surface area contributed by atoms with Crippen molar-refractivity contribution >= 4 is 11.3 Å². The molecule has 1 unspecified atom stereocenters. The van der Waals surface area contributed by atoms with Gasteiger partial charge < -0.3 is 5.73 Å². The standard InChI is InChI=1S/C14H19N3S/c1-10(2)12(8-15)7-14-17-13(9-18-14)11-3-5-16-6-4-11/h3-6,9-10,12H,7-8,15H2,1-2H3. The van der Waals surface area contributed by atoms with E-state index in [0.717, 1.165) is 24.2 Å². The number of pyridine rings is 1. The number of nitrogens with zero attached hydrogens (tertiary/aromatic N) is 2. The van der Waals surface area contributed by atoms with Crippen LogP contribution in [0.5, 0.6) is 0 Å². The molecule has 2 aromatic rings. The zero-order valence-electron chi connectivity index (χ0n) is 10.8. The van der Waals surface area contributed by atoms with Gasteiger partial charge in [-0.05, 0) is 30.5 Å². The van der Waals surface area contributed by atoms with Crippen LogP contribution in [0, 0.1) is 11.8 Å². The third-order valence-electron chi connectivity index (χ3n) is 3.21. The number of hydrogen-bond donors (Lipinski definition) is 1. The van der Waals surface area contributed by atoms with Crippen LogP contribution in [-0.4, -0.2) is 16.5 Å². The Morgan fingerprint density at radius 2 is 2.00 bits per heavy atom. The zero-order valence-corrected chi connectivity index (χ0v) is 11.7. The summed E-state index contributed by atoms with van der Waals surface area (Å²) in [5.74, 6) is 1.12. The first-order valence-electron chi connectivity index (χ1n) is 6.25. The first-order chi connectivity index (χ1) is 8.70. The Bertz CT molecular complexity index is 479. The summed E-state index contributed by atoms with van der Waals surface area (Å²) < 4.78 is 0. The lowest BCUT2D eigenvalue weighted by molar-refractivity contribution is 0.391. The van der Waals surface area contributed by atoms with Gasteiger partial charge in [0.25, 0.3) is 0 Å². The van der Waals surface area contributed by atoms with Crippen LogP contribution < -0.4 is 5.73 Å². The van der Waals surface area contributed by atoms with Gasteiger partial charge in [-0.15, -0.1) is 11.3 Å². The number of nitrogens with two attached hydrogens (primary N) is 1. The van der Waals surface area contributed by atoms with E-state index in [1.807, 2.05) is 12.1 Å². The summed E-state index contributed by atoms with van der Waals surface area (Å²) in [6, 6.07) is 3.98. The van der Waals surface area contributed by atoms with E-state index in [4.69, 9.17) is 5.73 Å². The molecule has 2 aromatic heterocycles. The molecule has 0 saturated carbocycles. The molecule has 0 aliphatic carbocycles. The second-order valence-corrected chi connectivity index (χ2v) is 5.75. The van der Waals surface area contributed by atoms with E-state index in [1.165, 1.54) is 5.01 Å². The van der Waals surface area contributed by atoms with E-state index >= 15 is 0 Å². The molecule has 2 rings (SSSR count). The Kier molecular flexibility index (Phi) is 4.44. The quantitative estimate of drug-likeness (QED) is 0.900. The summed E-state index contributed by atoms with van der Waals surface area (Å²) in [5.41, 5.74) is 7.97. The fraction of sp³-hybridized carbons (Fsp3) is 0.429. The second-order valence-electron chi connectivity index (χ2n) is 4.81. The molecule has 0 spiro atoms. The Morgan fingerprint density at radius 3 is 2.61 bits per heavy atom. The van der Waals surface area contributed by atoms with Gasteiger partial charge in [-0.1, -0.05) is 13.8 Å². The summed E-state index contributed by atoms with van der Waals surface area (Å²) >= 11 is 1.72. The van der Waals surface area contributed by atoms with Gasteiger partial charge in [0.15, 0.2) is 0 Å². The topological polar surface area (TPSA) is 51.8 Å². The van der Waals surface area contributed by atoms with E-state index in [0.29, 0.717) is 11.8 Å². The molecule has 0 fully saturated rings. The fourth-order valence-electron chi connectivity index (χ4n) is 1.88. The summed E-state index contributed by atoms with van der Waals surface area (Å²) in [5, 5.41) is 3.28. The van der Waals surface area contributed by atoms with E-state index < -0.39 is 0 Å². The third kappa shape index (κ3) is 3.15. The van der Waals surface area contributed by atoms with Crippen molar-refractivity contribution in [3.63, 3.8) is 0 Å². The molecule has 0 amide bonds. The minimum Gasteiger partial charge on any atom is -0.330 e. The fourth-order valence-corrected chi connectivity index (χ4v) is 2.77. The molecule has 2 heterocycles. The molecule has 0 aliphatic rings. The van der Waals surface area contributed by atoms with Crippen molar-refractivity contribution < 1.29 is 0 Å². The van der Waals surface area contributed by atoms with Gasteiger partial charge in [-0.25, -0.2) is 4.98 Å². The van der Waals surface area contributed by atoms with E-state index in [2.05, 4.69) is 29.2 Å². The Labute approximate surface area is 112 Å². The van der Waals surface area contributed by atoms with Crippen LogP contribution in [0.2, 0.25) is 0 Å². The first-order valence-corrected chi connectivity index (χ1v) is 7.13. The maximum atomic E-state index is 5.81.